The first-order valence-corrected chi connectivity index (χ1v) is 5.77. The average Bonchev–Trinajstić information content (AvgIpc) is 2.27. The topological polar surface area (TPSA) is 50.7 Å². The molecule has 1 fully saturated rings. The number of hydrogen-bond donors (Lipinski definition) is 2. The normalized spacial score (nSPS) is 17.5. The highest BCUT2D eigenvalue weighted by molar-refractivity contribution is 5.41. The van der Waals surface area contributed by atoms with Crippen LogP contribution < -0.4 is 10.1 Å². The predicted octanol–water partition coefficient (Wildman–Crippen LogP) is 1.53. The molecule has 1 aliphatic heterocycles. The minimum Gasteiger partial charge on any atom is -0.504 e. The zero-order valence-corrected chi connectivity index (χ0v) is 10.3. The van der Waals surface area contributed by atoms with Crippen molar-refractivity contribution >= 4 is 0 Å². The molecule has 0 unspecified atom stereocenters. The second-order valence-corrected chi connectivity index (χ2v) is 4.91. The Hall–Kier alpha value is -1.26. The van der Waals surface area contributed by atoms with Gasteiger partial charge in [-0.1, -0.05) is 13.0 Å². The monoisotopic (exact) mass is 237 g/mol. The number of hydrogen-bond acceptors (Lipinski definition) is 4. The van der Waals surface area contributed by atoms with E-state index in [0.717, 1.165) is 31.9 Å². The Bertz CT molecular complexity index is 388. The Kier molecular flexibility index (Phi) is 3.54. The molecule has 0 spiro atoms. The van der Waals surface area contributed by atoms with Crippen LogP contribution in [0.5, 0.6) is 11.5 Å². The summed E-state index contributed by atoms with van der Waals surface area (Å²) in [6, 6.07) is 5.46. The molecule has 4 heteroatoms. The zero-order valence-electron chi connectivity index (χ0n) is 10.3. The van der Waals surface area contributed by atoms with E-state index in [1.54, 1.807) is 19.2 Å². The Morgan fingerprint density at radius 3 is 2.76 bits per heavy atom. The maximum Gasteiger partial charge on any atom is 0.160 e. The summed E-state index contributed by atoms with van der Waals surface area (Å²) in [6.07, 6.45) is 0. The Morgan fingerprint density at radius 2 is 2.24 bits per heavy atom. The third-order valence-corrected chi connectivity index (χ3v) is 3.03. The van der Waals surface area contributed by atoms with E-state index >= 15 is 0 Å². The maximum atomic E-state index is 9.64. The summed E-state index contributed by atoms with van der Waals surface area (Å²) in [5, 5.41) is 13.0. The van der Waals surface area contributed by atoms with Crippen LogP contribution in [0.25, 0.3) is 0 Å². The fourth-order valence-electron chi connectivity index (χ4n) is 1.91. The number of rotatable bonds is 5. The first-order valence-electron chi connectivity index (χ1n) is 5.77. The van der Waals surface area contributed by atoms with Crippen molar-refractivity contribution in [1.29, 1.82) is 0 Å². The highest BCUT2D eigenvalue weighted by Gasteiger charge is 2.32. The maximum absolute atomic E-state index is 9.64. The summed E-state index contributed by atoms with van der Waals surface area (Å²) in [5.74, 6) is 0.693. The number of aromatic hydroxyl groups is 1. The van der Waals surface area contributed by atoms with Gasteiger partial charge in [0, 0.05) is 18.5 Å². The summed E-state index contributed by atoms with van der Waals surface area (Å²) in [4.78, 5) is 0. The first-order chi connectivity index (χ1) is 8.13. The summed E-state index contributed by atoms with van der Waals surface area (Å²) in [7, 11) is 1.55. The van der Waals surface area contributed by atoms with E-state index in [9.17, 15) is 5.11 Å². The largest absolute Gasteiger partial charge is 0.504 e. The van der Waals surface area contributed by atoms with Crippen LogP contribution in [0.1, 0.15) is 12.5 Å². The minimum absolute atomic E-state index is 0.185. The molecule has 17 heavy (non-hydrogen) atoms. The summed E-state index contributed by atoms with van der Waals surface area (Å²) >= 11 is 0. The third kappa shape index (κ3) is 2.90. The molecule has 94 valence electrons. The van der Waals surface area contributed by atoms with Crippen LogP contribution in [0.15, 0.2) is 18.2 Å². The number of nitrogens with one attached hydrogen (secondary N) is 1. The lowest BCUT2D eigenvalue weighted by molar-refractivity contribution is -0.0991. The van der Waals surface area contributed by atoms with Crippen molar-refractivity contribution in [1.82, 2.24) is 5.32 Å². The predicted molar refractivity (Wildman–Crippen MR) is 65.3 cm³/mol. The van der Waals surface area contributed by atoms with Gasteiger partial charge >= 0.3 is 0 Å². The molecule has 2 rings (SSSR count). The molecule has 1 aromatic carbocycles. The molecule has 0 aromatic heterocycles. The van der Waals surface area contributed by atoms with Gasteiger partial charge in [0.25, 0.3) is 0 Å². The van der Waals surface area contributed by atoms with Crippen molar-refractivity contribution in [2.24, 2.45) is 5.41 Å². The standard InChI is InChI=1S/C13H19NO3/c1-13(8-17-9-13)7-14-6-10-3-4-12(16-2)11(15)5-10/h3-5,14-15H,6-9H2,1-2H3. The van der Waals surface area contributed by atoms with Crippen LogP contribution in [0, 0.1) is 5.41 Å². The highest BCUT2D eigenvalue weighted by atomic mass is 16.5. The van der Waals surface area contributed by atoms with Crippen molar-refractivity contribution in [3.05, 3.63) is 23.8 Å². The molecular weight excluding hydrogens is 218 g/mol. The molecule has 0 atom stereocenters. The summed E-state index contributed by atoms with van der Waals surface area (Å²) < 4.78 is 10.2. The van der Waals surface area contributed by atoms with Gasteiger partial charge in [0.05, 0.1) is 20.3 Å². The van der Waals surface area contributed by atoms with Crippen LogP contribution in [0.3, 0.4) is 0 Å². The smallest absolute Gasteiger partial charge is 0.160 e. The van der Waals surface area contributed by atoms with Crippen molar-refractivity contribution in [2.75, 3.05) is 26.9 Å². The van der Waals surface area contributed by atoms with E-state index in [1.807, 2.05) is 6.07 Å². The number of phenolic OH excluding ortho intramolecular Hbond substituents is 1. The van der Waals surface area contributed by atoms with Gasteiger partial charge in [0.15, 0.2) is 11.5 Å². The summed E-state index contributed by atoms with van der Waals surface area (Å²) in [5.41, 5.74) is 1.32. The number of methoxy groups -OCH3 is 1. The van der Waals surface area contributed by atoms with Crippen molar-refractivity contribution in [3.8, 4) is 11.5 Å². The second kappa shape index (κ2) is 4.94. The zero-order chi connectivity index (χ0) is 12.3. The quantitative estimate of drug-likeness (QED) is 0.815. The van der Waals surface area contributed by atoms with Gasteiger partial charge in [-0.2, -0.15) is 0 Å². The van der Waals surface area contributed by atoms with E-state index < -0.39 is 0 Å². The molecular formula is C13H19NO3. The molecule has 0 radical (unpaired) electrons. The van der Waals surface area contributed by atoms with Crippen molar-refractivity contribution in [2.45, 2.75) is 13.5 Å². The van der Waals surface area contributed by atoms with Gasteiger partial charge in [-0.05, 0) is 17.7 Å². The number of benzene rings is 1. The van der Waals surface area contributed by atoms with Crippen LogP contribution >= 0.6 is 0 Å². The lowest BCUT2D eigenvalue weighted by Gasteiger charge is -2.38. The average molecular weight is 237 g/mol. The molecule has 1 heterocycles. The first kappa shape index (κ1) is 12.2. The van der Waals surface area contributed by atoms with Crippen molar-refractivity contribution in [3.63, 3.8) is 0 Å². The van der Waals surface area contributed by atoms with E-state index in [2.05, 4.69) is 12.2 Å². The van der Waals surface area contributed by atoms with Crippen LogP contribution in [0.4, 0.5) is 0 Å². The number of ether oxygens (including phenoxy) is 2. The molecule has 0 saturated carbocycles. The van der Waals surface area contributed by atoms with Gasteiger partial charge < -0.3 is 19.9 Å². The van der Waals surface area contributed by atoms with E-state index in [1.165, 1.54) is 0 Å². The Labute approximate surface area is 102 Å². The third-order valence-electron chi connectivity index (χ3n) is 3.03. The summed E-state index contributed by atoms with van der Waals surface area (Å²) in [6.45, 7) is 5.53. The molecule has 1 saturated heterocycles. The molecule has 4 nitrogen and oxygen atoms in total. The highest BCUT2D eigenvalue weighted by Crippen LogP contribution is 2.27. The molecule has 0 amide bonds. The Morgan fingerprint density at radius 1 is 1.47 bits per heavy atom. The van der Waals surface area contributed by atoms with Gasteiger partial charge in [-0.3, -0.25) is 0 Å². The molecule has 1 aliphatic rings. The molecule has 0 aliphatic carbocycles. The van der Waals surface area contributed by atoms with E-state index in [0.29, 0.717) is 5.75 Å². The fraction of sp³-hybridized carbons (Fsp3) is 0.538. The van der Waals surface area contributed by atoms with Gasteiger partial charge in [-0.15, -0.1) is 0 Å². The molecule has 2 N–H and O–H groups in total. The van der Waals surface area contributed by atoms with Crippen LogP contribution in [-0.2, 0) is 11.3 Å². The van der Waals surface area contributed by atoms with E-state index in [4.69, 9.17) is 9.47 Å². The fourth-order valence-corrected chi connectivity index (χ4v) is 1.91. The van der Waals surface area contributed by atoms with Gasteiger partial charge in [0.2, 0.25) is 0 Å². The lowest BCUT2D eigenvalue weighted by atomic mass is 9.89. The lowest BCUT2D eigenvalue weighted by Crippen LogP contribution is -2.47. The van der Waals surface area contributed by atoms with Gasteiger partial charge in [0.1, 0.15) is 0 Å². The SMILES string of the molecule is COc1ccc(CNCC2(C)COC2)cc1O. The van der Waals surface area contributed by atoms with E-state index in [-0.39, 0.29) is 11.2 Å². The van der Waals surface area contributed by atoms with Gasteiger partial charge in [-0.25, -0.2) is 0 Å². The molecule has 1 aromatic rings. The minimum atomic E-state index is 0.185. The molecule has 0 bridgehead atoms. The van der Waals surface area contributed by atoms with Crippen LogP contribution in [0.2, 0.25) is 0 Å². The van der Waals surface area contributed by atoms with Crippen LogP contribution in [-0.4, -0.2) is 32.0 Å². The number of phenols is 1. The van der Waals surface area contributed by atoms with Crippen molar-refractivity contribution < 1.29 is 14.6 Å². The Balaban J connectivity index is 1.84. The second-order valence-electron chi connectivity index (χ2n) is 4.91.